The van der Waals surface area contributed by atoms with Gasteiger partial charge in [0.1, 0.15) is 12.3 Å². The van der Waals surface area contributed by atoms with Crippen molar-refractivity contribution in [1.29, 1.82) is 0 Å². The minimum absolute atomic E-state index is 0. The smallest absolute Gasteiger partial charge is 0.0620 e. The summed E-state index contributed by atoms with van der Waals surface area (Å²) in [4.78, 5) is 0. The molecule has 0 atom stereocenters. The molecule has 0 spiro atoms. The third-order valence-corrected chi connectivity index (χ3v) is 11.2. The molecule has 0 aromatic heterocycles. The molecule has 0 aliphatic heterocycles. The van der Waals surface area contributed by atoms with Crippen LogP contribution in [0, 0.1) is 26.6 Å². The van der Waals surface area contributed by atoms with Crippen molar-refractivity contribution in [3.63, 3.8) is 0 Å². The van der Waals surface area contributed by atoms with Crippen molar-refractivity contribution in [2.24, 2.45) is 0 Å². The quantitative estimate of drug-likeness (QED) is 0.179. The fourth-order valence-electron chi connectivity index (χ4n) is 3.72. The molecular weight excluding hydrogens is 538 g/mol. The van der Waals surface area contributed by atoms with Crippen molar-refractivity contribution in [1.82, 2.24) is 0 Å². The Balaban J connectivity index is 0. The molecule has 0 unspecified atom stereocenters. The molecule has 37 heavy (non-hydrogen) atoms. The summed E-state index contributed by atoms with van der Waals surface area (Å²) in [7, 11) is -1.57. The molecule has 4 rings (SSSR count). The second-order valence-corrected chi connectivity index (χ2v) is 12.1. The van der Waals surface area contributed by atoms with E-state index < -0.39 is 15.8 Å². The molecule has 0 heterocycles. The van der Waals surface area contributed by atoms with Crippen LogP contribution in [-0.4, -0.2) is 12.3 Å². The Kier molecular flexibility index (Phi) is 24.5. The van der Waals surface area contributed by atoms with Gasteiger partial charge in [-0.15, -0.1) is 0 Å². The fourth-order valence-corrected chi connectivity index (χ4v) is 9.92. The maximum absolute atomic E-state index is 7.50. The molecule has 0 amide bonds. The topological polar surface area (TPSA) is 79.6 Å². The third-order valence-electron chi connectivity index (χ3n) is 5.11. The zero-order valence-electron chi connectivity index (χ0n) is 20.0. The largest absolute Gasteiger partial charge is 0.101 e. The predicted octanol–water partition coefficient (Wildman–Crippen LogP) is 4.56. The molecule has 4 aromatic rings. The van der Waals surface area contributed by atoms with Crippen LogP contribution in [0.4, 0.5) is 0 Å². The summed E-state index contributed by atoms with van der Waals surface area (Å²) in [6.45, 7) is 18.0. The van der Waals surface area contributed by atoms with E-state index in [9.17, 15) is 0 Å². The molecule has 0 fully saturated rings. The van der Waals surface area contributed by atoms with Gasteiger partial charge in [0, 0.05) is 17.4 Å². The zero-order chi connectivity index (χ0) is 27.0. The zero-order valence-corrected chi connectivity index (χ0v) is 23.3. The van der Waals surface area contributed by atoms with Gasteiger partial charge >= 0.3 is 45.2 Å². The normalized spacial score (nSPS) is 8.59. The van der Waals surface area contributed by atoms with Crippen molar-refractivity contribution >= 4 is 37.1 Å². The Bertz CT molecular complexity index is 964. The van der Waals surface area contributed by atoms with E-state index in [1.807, 2.05) is 0 Å². The van der Waals surface area contributed by atoms with E-state index in [0.717, 1.165) is 0 Å². The van der Waals surface area contributed by atoms with Gasteiger partial charge < -0.3 is 0 Å². The summed E-state index contributed by atoms with van der Waals surface area (Å²) in [5.41, 5.74) is 0. The summed E-state index contributed by atoms with van der Waals surface area (Å²) >= 11 is 0. The number of hydrogen-bond donors (Lipinski definition) is 0. The average Bonchev–Trinajstić information content (AvgIpc) is 3.01. The van der Waals surface area contributed by atoms with Crippen LogP contribution in [0.2, 0.25) is 0 Å². The van der Waals surface area contributed by atoms with Gasteiger partial charge in [-0.2, -0.15) is 0 Å². The van der Waals surface area contributed by atoms with Gasteiger partial charge in [-0.05, 0) is 48.5 Å². The summed E-state index contributed by atoms with van der Waals surface area (Å²) in [6, 6.07) is 44.5. The molecule has 0 saturated carbocycles. The van der Waals surface area contributed by atoms with E-state index in [1.165, 1.54) is 33.5 Å². The molecule has 0 aliphatic carbocycles. The van der Waals surface area contributed by atoms with Gasteiger partial charge in [0.05, 0.1) is 37.1 Å². The summed E-state index contributed by atoms with van der Waals surface area (Å²) in [5, 5.41) is 6.06. The third kappa shape index (κ3) is 12.8. The summed E-state index contributed by atoms with van der Waals surface area (Å²) in [6.07, 6.45) is 2.52. The second-order valence-electron chi connectivity index (χ2n) is 6.92. The molecule has 0 bridgehead atoms. The minimum Gasteiger partial charge on any atom is -0.0620 e. The van der Waals surface area contributed by atoms with E-state index >= 15 is 0 Å². The fraction of sp³-hybridized carbons (Fsp3) is 0.0667. The van der Waals surface area contributed by atoms with Crippen LogP contribution >= 0.6 is 15.8 Å². The molecular formula is C30H26CrO4P2+2. The van der Waals surface area contributed by atoms with Crippen LogP contribution in [0.25, 0.3) is 0 Å². The number of benzene rings is 4. The minimum atomic E-state index is -0.783. The van der Waals surface area contributed by atoms with Crippen molar-refractivity contribution in [3.05, 3.63) is 148 Å². The van der Waals surface area contributed by atoms with Crippen LogP contribution in [0.5, 0.6) is 0 Å². The van der Waals surface area contributed by atoms with Crippen molar-refractivity contribution < 1.29 is 36.0 Å². The van der Waals surface area contributed by atoms with Gasteiger partial charge in [0.15, 0.2) is 0 Å². The molecule has 4 aromatic carbocycles. The molecule has 0 aliphatic rings. The van der Waals surface area contributed by atoms with Crippen molar-refractivity contribution in [3.8, 4) is 0 Å². The molecule has 184 valence electrons. The first-order chi connectivity index (χ1) is 17.9. The van der Waals surface area contributed by atoms with Crippen LogP contribution in [0.3, 0.4) is 0 Å². The van der Waals surface area contributed by atoms with E-state index in [-0.39, 0.29) is 17.4 Å². The first kappa shape index (κ1) is 36.4. The Morgan fingerprint density at radius 2 is 0.514 bits per heavy atom. The van der Waals surface area contributed by atoms with E-state index in [2.05, 4.69) is 148 Å². The Morgan fingerprint density at radius 3 is 0.676 bits per heavy atom. The van der Waals surface area contributed by atoms with Crippen molar-refractivity contribution in [2.45, 2.75) is 0 Å². The van der Waals surface area contributed by atoms with E-state index in [4.69, 9.17) is 18.6 Å². The summed E-state index contributed by atoms with van der Waals surface area (Å²) < 4.78 is 30.0. The molecule has 0 radical (unpaired) electrons. The predicted molar refractivity (Wildman–Crippen MR) is 146 cm³/mol. The van der Waals surface area contributed by atoms with Gasteiger partial charge in [-0.3, -0.25) is 0 Å². The average molecular weight is 564 g/mol. The standard InChI is InChI=1S/C26H24P2.4CO.Cr/c1-5-13-23(14-6-1)27(24-15-7-2-8-16-24)21-22-28(25-17-9-3-10-18-25)26-19-11-4-12-20-26;4*1-2;/h1-20H,21-22H2;;;;;/p+2. The van der Waals surface area contributed by atoms with Gasteiger partial charge in [-0.1, -0.05) is 72.8 Å². The first-order valence-corrected chi connectivity index (χ1v) is 14.1. The SMILES string of the molecule is [C-]#[O+].[C-]#[O+].[C-]#[O+].[C-]#[O+].[Cr].c1ccc([PH+](CC[PH+](c2ccccc2)c2ccccc2)c2ccccc2)cc1. The van der Waals surface area contributed by atoms with Crippen LogP contribution in [0.1, 0.15) is 0 Å². The molecule has 4 nitrogen and oxygen atoms in total. The van der Waals surface area contributed by atoms with Gasteiger partial charge in [-0.25, -0.2) is 0 Å². The Labute approximate surface area is 232 Å². The Hall–Kier alpha value is -2.77. The maximum Gasteiger partial charge on any atom is 0.101 e. The number of rotatable bonds is 7. The van der Waals surface area contributed by atoms with Gasteiger partial charge in [0.25, 0.3) is 0 Å². The van der Waals surface area contributed by atoms with Crippen LogP contribution in [0.15, 0.2) is 121 Å². The monoisotopic (exact) mass is 564 g/mol. The molecule has 0 saturated heterocycles. The number of hydrogen-bond acceptors (Lipinski definition) is 0. The Morgan fingerprint density at radius 1 is 0.351 bits per heavy atom. The van der Waals surface area contributed by atoms with Crippen LogP contribution in [-0.2, 0) is 36.0 Å². The van der Waals surface area contributed by atoms with E-state index in [0.29, 0.717) is 0 Å². The maximum atomic E-state index is 7.50. The molecule has 0 N–H and O–H groups in total. The van der Waals surface area contributed by atoms with Crippen LogP contribution < -0.4 is 21.2 Å². The second kappa shape index (κ2) is 24.9. The van der Waals surface area contributed by atoms with E-state index in [1.54, 1.807) is 0 Å². The van der Waals surface area contributed by atoms with Crippen molar-refractivity contribution in [2.75, 3.05) is 12.3 Å². The first-order valence-electron chi connectivity index (χ1n) is 10.7. The summed E-state index contributed by atoms with van der Waals surface area (Å²) in [5.74, 6) is 0. The van der Waals surface area contributed by atoms with Gasteiger partial charge in [0.2, 0.25) is 0 Å². The molecule has 7 heteroatoms.